The highest BCUT2D eigenvalue weighted by Gasteiger charge is 2.29. The molecule has 0 aliphatic carbocycles. The molecule has 1 aliphatic heterocycles. The Morgan fingerprint density at radius 2 is 1.91 bits per heavy atom. The van der Waals surface area contributed by atoms with E-state index in [1.165, 1.54) is 4.90 Å². The first kappa shape index (κ1) is 26.5. The van der Waals surface area contributed by atoms with E-state index in [0.29, 0.717) is 39.0 Å². The number of aliphatic hydroxyl groups excluding tert-OH is 3. The molecule has 1 aromatic rings. The second-order valence-electron chi connectivity index (χ2n) is 8.52. The zero-order valence-electron chi connectivity index (χ0n) is 18.9. The summed E-state index contributed by atoms with van der Waals surface area (Å²) in [6.45, 7) is 5.06. The van der Waals surface area contributed by atoms with Crippen molar-refractivity contribution in [2.45, 2.75) is 51.4 Å². The van der Waals surface area contributed by atoms with Crippen molar-refractivity contribution < 1.29 is 29.6 Å². The number of amides is 2. The predicted octanol–water partition coefficient (Wildman–Crippen LogP) is 1.36. The number of carbonyl (C=O) groups is 2. The minimum atomic E-state index is -1.43. The van der Waals surface area contributed by atoms with Crippen molar-refractivity contribution in [3.05, 3.63) is 28.5 Å². The fourth-order valence-corrected chi connectivity index (χ4v) is 4.03. The van der Waals surface area contributed by atoms with Crippen LogP contribution in [0.25, 0.3) is 6.08 Å². The maximum absolute atomic E-state index is 12.8. The molecule has 32 heavy (non-hydrogen) atoms. The summed E-state index contributed by atoms with van der Waals surface area (Å²) in [7, 11) is 0. The van der Waals surface area contributed by atoms with Crippen LogP contribution in [0.15, 0.2) is 23.6 Å². The third-order valence-corrected chi connectivity index (χ3v) is 6.11. The summed E-state index contributed by atoms with van der Waals surface area (Å²) in [6.07, 6.45) is 1.01. The summed E-state index contributed by atoms with van der Waals surface area (Å²) in [5.74, 6) is -0.174. The Hall–Kier alpha value is -1.78. The first-order valence-electron chi connectivity index (χ1n) is 11.2. The maximum Gasteiger partial charge on any atom is 0.246 e. The number of β-amino-alcohol motifs (C(OH)–C–C–N with tert-alkyl or cyclic N) is 1. The number of thiophene rings is 1. The Kier molecular flexibility index (Phi) is 11.3. The molecule has 0 saturated carbocycles. The van der Waals surface area contributed by atoms with Crippen LogP contribution in [-0.2, 0) is 14.3 Å². The fraction of sp³-hybridized carbons (Fsp3) is 0.652. The lowest BCUT2D eigenvalue weighted by molar-refractivity contribution is -0.139. The Labute approximate surface area is 194 Å². The van der Waals surface area contributed by atoms with Crippen molar-refractivity contribution in [3.8, 4) is 0 Å². The monoisotopic (exact) mass is 468 g/mol. The van der Waals surface area contributed by atoms with E-state index in [0.717, 1.165) is 4.88 Å². The van der Waals surface area contributed by atoms with E-state index in [-0.39, 0.29) is 37.4 Å². The molecule has 0 bridgehead atoms. The molecule has 9 heteroatoms. The van der Waals surface area contributed by atoms with Crippen LogP contribution in [0.4, 0.5) is 0 Å². The summed E-state index contributed by atoms with van der Waals surface area (Å²) in [4.78, 5) is 29.8. The van der Waals surface area contributed by atoms with E-state index in [4.69, 9.17) is 4.74 Å². The van der Waals surface area contributed by atoms with Crippen LogP contribution in [0.5, 0.6) is 0 Å². The van der Waals surface area contributed by atoms with Crippen molar-refractivity contribution in [1.29, 1.82) is 0 Å². The lowest BCUT2D eigenvalue weighted by atomic mass is 10.1. The second-order valence-corrected chi connectivity index (χ2v) is 9.50. The lowest BCUT2D eigenvalue weighted by Crippen LogP contribution is -2.50. The van der Waals surface area contributed by atoms with Crippen LogP contribution in [-0.4, -0.2) is 94.6 Å². The molecule has 180 valence electrons. The molecule has 2 rings (SSSR count). The van der Waals surface area contributed by atoms with E-state index in [1.807, 2.05) is 31.4 Å². The standard InChI is InChI=1S/C23H36N2O6S/c1-17(2)14-22(29)25-11-10-24(21(28)8-7-18-6-5-13-32-18)9-3-4-12-31-16-20(27)23(30)19(26)15-25/h5-8,13,17,19-20,23,26-27,30H,3-4,9-12,14-16H2,1-2H3/b8-7+/t19-,20+,23+/m0/s1. The third-order valence-electron chi connectivity index (χ3n) is 5.27. The van der Waals surface area contributed by atoms with E-state index in [2.05, 4.69) is 0 Å². The molecule has 2 amide bonds. The van der Waals surface area contributed by atoms with E-state index in [1.54, 1.807) is 28.4 Å². The van der Waals surface area contributed by atoms with Crippen molar-refractivity contribution >= 4 is 29.2 Å². The Morgan fingerprint density at radius 3 is 2.59 bits per heavy atom. The van der Waals surface area contributed by atoms with Crippen LogP contribution in [0.1, 0.15) is 38.0 Å². The molecule has 0 radical (unpaired) electrons. The molecule has 3 N–H and O–H groups in total. The molecule has 8 nitrogen and oxygen atoms in total. The van der Waals surface area contributed by atoms with Crippen LogP contribution in [0.2, 0.25) is 0 Å². The van der Waals surface area contributed by atoms with Gasteiger partial charge in [-0.15, -0.1) is 11.3 Å². The molecule has 0 unspecified atom stereocenters. The van der Waals surface area contributed by atoms with Crippen LogP contribution >= 0.6 is 11.3 Å². The molecule has 1 aromatic heterocycles. The van der Waals surface area contributed by atoms with Crippen LogP contribution in [0, 0.1) is 5.92 Å². The Balaban J connectivity index is 2.14. The number of hydrogen-bond acceptors (Lipinski definition) is 7. The van der Waals surface area contributed by atoms with Crippen molar-refractivity contribution in [1.82, 2.24) is 9.80 Å². The number of nitrogens with zero attached hydrogens (tertiary/aromatic N) is 2. The topological polar surface area (TPSA) is 111 Å². The average Bonchev–Trinajstić information content (AvgIpc) is 3.27. The Morgan fingerprint density at radius 1 is 1.16 bits per heavy atom. The number of hydrogen-bond donors (Lipinski definition) is 3. The van der Waals surface area contributed by atoms with Gasteiger partial charge in [-0.05, 0) is 36.3 Å². The number of carbonyl (C=O) groups excluding carboxylic acids is 2. The van der Waals surface area contributed by atoms with Gasteiger partial charge in [0.15, 0.2) is 0 Å². The van der Waals surface area contributed by atoms with Gasteiger partial charge in [-0.1, -0.05) is 19.9 Å². The third kappa shape index (κ3) is 8.99. The zero-order valence-corrected chi connectivity index (χ0v) is 19.7. The molecule has 1 fully saturated rings. The van der Waals surface area contributed by atoms with Crippen LogP contribution < -0.4 is 0 Å². The minimum absolute atomic E-state index is 0.107. The smallest absolute Gasteiger partial charge is 0.246 e. The van der Waals surface area contributed by atoms with E-state index >= 15 is 0 Å². The predicted molar refractivity (Wildman–Crippen MR) is 124 cm³/mol. The molecule has 1 saturated heterocycles. The fourth-order valence-electron chi connectivity index (χ4n) is 3.41. The molecule has 0 aromatic carbocycles. The van der Waals surface area contributed by atoms with Gasteiger partial charge in [-0.25, -0.2) is 0 Å². The van der Waals surface area contributed by atoms with Gasteiger partial charge < -0.3 is 29.9 Å². The molecular formula is C23H36N2O6S. The van der Waals surface area contributed by atoms with Gasteiger partial charge in [0.05, 0.1) is 6.61 Å². The zero-order chi connectivity index (χ0) is 23.5. The van der Waals surface area contributed by atoms with Crippen molar-refractivity contribution in [2.24, 2.45) is 5.92 Å². The quantitative estimate of drug-likeness (QED) is 0.576. The maximum atomic E-state index is 12.8. The highest BCUT2D eigenvalue weighted by Crippen LogP contribution is 2.13. The average molecular weight is 469 g/mol. The normalized spacial score (nSPS) is 24.6. The van der Waals surface area contributed by atoms with Gasteiger partial charge in [-0.3, -0.25) is 9.59 Å². The lowest BCUT2D eigenvalue weighted by Gasteiger charge is -2.32. The number of aliphatic hydroxyl groups is 3. The highest BCUT2D eigenvalue weighted by atomic mass is 32.1. The molecule has 0 spiro atoms. The Bertz CT molecular complexity index is 724. The summed E-state index contributed by atoms with van der Waals surface area (Å²) < 4.78 is 5.41. The van der Waals surface area contributed by atoms with E-state index < -0.39 is 18.3 Å². The van der Waals surface area contributed by atoms with Gasteiger partial charge in [-0.2, -0.15) is 0 Å². The number of ether oxygens (including phenoxy) is 1. The van der Waals surface area contributed by atoms with Gasteiger partial charge >= 0.3 is 0 Å². The molecular weight excluding hydrogens is 432 g/mol. The summed E-state index contributed by atoms with van der Waals surface area (Å²) >= 11 is 1.55. The first-order valence-corrected chi connectivity index (χ1v) is 12.1. The SMILES string of the molecule is CC(C)CC(=O)N1CCN(C(=O)/C=C/c2cccs2)CCCCOC[C@@H](O)[C@H](O)[C@@H](O)C1. The number of rotatable bonds is 4. The first-order chi connectivity index (χ1) is 15.3. The van der Waals surface area contributed by atoms with E-state index in [9.17, 15) is 24.9 Å². The second kappa shape index (κ2) is 13.7. The van der Waals surface area contributed by atoms with Gasteiger partial charge in [0, 0.05) is 50.2 Å². The molecule has 2 heterocycles. The van der Waals surface area contributed by atoms with Crippen molar-refractivity contribution in [2.75, 3.05) is 39.4 Å². The largest absolute Gasteiger partial charge is 0.388 e. The van der Waals surface area contributed by atoms with Gasteiger partial charge in [0.25, 0.3) is 0 Å². The van der Waals surface area contributed by atoms with Gasteiger partial charge in [0.2, 0.25) is 11.8 Å². The highest BCUT2D eigenvalue weighted by molar-refractivity contribution is 7.10. The van der Waals surface area contributed by atoms with Crippen molar-refractivity contribution in [3.63, 3.8) is 0 Å². The van der Waals surface area contributed by atoms with Gasteiger partial charge in [0.1, 0.15) is 18.3 Å². The molecule has 1 aliphatic rings. The minimum Gasteiger partial charge on any atom is -0.388 e. The van der Waals surface area contributed by atoms with Crippen LogP contribution in [0.3, 0.4) is 0 Å². The summed E-state index contributed by atoms with van der Waals surface area (Å²) in [5.41, 5.74) is 0. The summed E-state index contributed by atoms with van der Waals surface area (Å²) in [6, 6.07) is 3.85. The molecule has 3 atom stereocenters. The summed E-state index contributed by atoms with van der Waals surface area (Å²) in [5, 5.41) is 32.7.